The first-order valence-corrected chi connectivity index (χ1v) is 6.73. The number of alkyl halides is 1. The van der Waals surface area contributed by atoms with Gasteiger partial charge in [0.2, 0.25) is 0 Å². The lowest BCUT2D eigenvalue weighted by molar-refractivity contribution is 0.102. The lowest BCUT2D eigenvalue weighted by Gasteiger charge is -2.06. The predicted molar refractivity (Wildman–Crippen MR) is 78.1 cm³/mol. The summed E-state index contributed by atoms with van der Waals surface area (Å²) in [5, 5.41) is 2.84. The van der Waals surface area contributed by atoms with E-state index in [-0.39, 0.29) is 5.91 Å². The summed E-state index contributed by atoms with van der Waals surface area (Å²) in [5.41, 5.74) is 2.35. The van der Waals surface area contributed by atoms with Crippen LogP contribution in [0.3, 0.4) is 0 Å². The number of halogens is 2. The Kier molecular flexibility index (Phi) is 4.39. The van der Waals surface area contributed by atoms with Crippen molar-refractivity contribution < 1.29 is 4.79 Å². The van der Waals surface area contributed by atoms with Gasteiger partial charge in [-0.3, -0.25) is 4.79 Å². The Morgan fingerprint density at radius 2 is 1.89 bits per heavy atom. The molecule has 2 aromatic carbocycles. The first-order valence-electron chi connectivity index (χ1n) is 5.41. The van der Waals surface area contributed by atoms with Gasteiger partial charge in [0.05, 0.1) is 0 Å². The molecule has 0 aliphatic rings. The van der Waals surface area contributed by atoms with Crippen molar-refractivity contribution in [1.29, 1.82) is 0 Å². The van der Waals surface area contributed by atoms with Crippen LogP contribution in [-0.2, 0) is 5.88 Å². The van der Waals surface area contributed by atoms with E-state index in [1.54, 1.807) is 12.1 Å². The molecule has 0 unspecified atom stereocenters. The molecule has 2 rings (SSSR count). The van der Waals surface area contributed by atoms with Gasteiger partial charge in [0.25, 0.3) is 5.91 Å². The summed E-state index contributed by atoms with van der Waals surface area (Å²) in [5.74, 6) is 0.302. The van der Waals surface area contributed by atoms with Crippen molar-refractivity contribution in [2.75, 3.05) is 5.32 Å². The summed E-state index contributed by atoms with van der Waals surface area (Å²) >= 11 is 9.09. The molecule has 0 saturated heterocycles. The van der Waals surface area contributed by atoms with Gasteiger partial charge in [0.15, 0.2) is 0 Å². The van der Waals surface area contributed by atoms with Crippen LogP contribution < -0.4 is 5.32 Å². The van der Waals surface area contributed by atoms with Gasteiger partial charge in [-0.25, -0.2) is 0 Å². The van der Waals surface area contributed by atoms with E-state index in [0.717, 1.165) is 15.7 Å². The van der Waals surface area contributed by atoms with Crippen molar-refractivity contribution in [2.45, 2.75) is 5.88 Å². The second-order valence-electron chi connectivity index (χ2n) is 3.80. The largest absolute Gasteiger partial charge is 0.322 e. The molecular weight excluding hydrogens is 314 g/mol. The van der Waals surface area contributed by atoms with Crippen LogP contribution in [0.4, 0.5) is 5.69 Å². The Labute approximate surface area is 119 Å². The molecule has 18 heavy (non-hydrogen) atoms. The van der Waals surface area contributed by atoms with Crippen molar-refractivity contribution in [3.8, 4) is 0 Å². The van der Waals surface area contributed by atoms with E-state index >= 15 is 0 Å². The predicted octanol–water partition coefficient (Wildman–Crippen LogP) is 4.44. The molecule has 0 heterocycles. The Bertz CT molecular complexity index is 554. The fourth-order valence-corrected chi connectivity index (χ4v) is 1.97. The van der Waals surface area contributed by atoms with Crippen molar-refractivity contribution in [2.24, 2.45) is 0 Å². The minimum atomic E-state index is -0.130. The number of hydrogen-bond donors (Lipinski definition) is 1. The summed E-state index contributed by atoms with van der Waals surface area (Å²) in [7, 11) is 0. The Balaban J connectivity index is 2.13. The Morgan fingerprint density at radius 1 is 1.17 bits per heavy atom. The fraction of sp³-hybridized carbons (Fsp3) is 0.0714. The van der Waals surface area contributed by atoms with Gasteiger partial charge in [-0.05, 0) is 42.0 Å². The molecule has 2 aromatic rings. The van der Waals surface area contributed by atoms with E-state index in [1.807, 2.05) is 36.4 Å². The lowest BCUT2D eigenvalue weighted by atomic mass is 10.2. The molecule has 0 radical (unpaired) electrons. The van der Waals surface area contributed by atoms with Crippen LogP contribution in [0.5, 0.6) is 0 Å². The van der Waals surface area contributed by atoms with Gasteiger partial charge < -0.3 is 5.32 Å². The maximum absolute atomic E-state index is 12.0. The van der Waals surface area contributed by atoms with Crippen LogP contribution >= 0.6 is 27.5 Å². The second kappa shape index (κ2) is 6.03. The average molecular weight is 325 g/mol. The highest BCUT2D eigenvalue weighted by Gasteiger charge is 2.05. The van der Waals surface area contributed by atoms with Crippen molar-refractivity contribution in [1.82, 2.24) is 0 Å². The van der Waals surface area contributed by atoms with Gasteiger partial charge in [-0.15, -0.1) is 11.6 Å². The van der Waals surface area contributed by atoms with E-state index in [1.165, 1.54) is 0 Å². The van der Waals surface area contributed by atoms with E-state index in [0.29, 0.717) is 11.4 Å². The summed E-state index contributed by atoms with van der Waals surface area (Å²) in [6, 6.07) is 14.7. The molecular formula is C14H11BrClNO. The highest BCUT2D eigenvalue weighted by atomic mass is 79.9. The number of anilines is 1. The standard InChI is InChI=1S/C14H11BrClNO/c15-12-6-4-11(5-7-12)14(18)17-13-3-1-2-10(8-13)9-16/h1-8H,9H2,(H,17,18). The smallest absolute Gasteiger partial charge is 0.255 e. The van der Waals surface area contributed by atoms with Gasteiger partial charge in [-0.1, -0.05) is 28.1 Å². The molecule has 0 spiro atoms. The van der Waals surface area contributed by atoms with Gasteiger partial charge in [0, 0.05) is 21.6 Å². The van der Waals surface area contributed by atoms with Crippen LogP contribution in [0, 0.1) is 0 Å². The fourth-order valence-electron chi connectivity index (χ4n) is 1.54. The molecule has 0 saturated carbocycles. The van der Waals surface area contributed by atoms with Crippen LogP contribution in [-0.4, -0.2) is 5.91 Å². The van der Waals surface area contributed by atoms with Gasteiger partial charge in [0.1, 0.15) is 0 Å². The minimum absolute atomic E-state index is 0.130. The molecule has 0 atom stereocenters. The number of benzene rings is 2. The monoisotopic (exact) mass is 323 g/mol. The molecule has 0 bridgehead atoms. The molecule has 0 aliphatic heterocycles. The first-order chi connectivity index (χ1) is 8.69. The molecule has 0 fully saturated rings. The highest BCUT2D eigenvalue weighted by molar-refractivity contribution is 9.10. The van der Waals surface area contributed by atoms with Gasteiger partial charge >= 0.3 is 0 Å². The van der Waals surface area contributed by atoms with Crippen LogP contribution in [0.1, 0.15) is 15.9 Å². The van der Waals surface area contributed by atoms with E-state index < -0.39 is 0 Å². The first kappa shape index (κ1) is 13.1. The SMILES string of the molecule is O=C(Nc1cccc(CCl)c1)c1ccc(Br)cc1. The number of rotatable bonds is 3. The molecule has 1 N–H and O–H groups in total. The third-order valence-electron chi connectivity index (χ3n) is 2.45. The minimum Gasteiger partial charge on any atom is -0.322 e. The van der Waals surface area contributed by atoms with Crippen molar-refractivity contribution in [3.05, 3.63) is 64.1 Å². The maximum Gasteiger partial charge on any atom is 0.255 e. The van der Waals surface area contributed by atoms with Crippen LogP contribution in [0.15, 0.2) is 53.0 Å². The van der Waals surface area contributed by atoms with Crippen molar-refractivity contribution >= 4 is 39.1 Å². The molecule has 1 amide bonds. The zero-order chi connectivity index (χ0) is 13.0. The second-order valence-corrected chi connectivity index (χ2v) is 4.98. The van der Waals surface area contributed by atoms with E-state index in [4.69, 9.17) is 11.6 Å². The number of amides is 1. The number of carbonyl (C=O) groups is 1. The van der Waals surface area contributed by atoms with E-state index in [2.05, 4.69) is 21.2 Å². The topological polar surface area (TPSA) is 29.1 Å². The van der Waals surface area contributed by atoms with Crippen LogP contribution in [0.25, 0.3) is 0 Å². The highest BCUT2D eigenvalue weighted by Crippen LogP contribution is 2.15. The Morgan fingerprint density at radius 3 is 2.56 bits per heavy atom. The number of carbonyl (C=O) groups excluding carboxylic acids is 1. The summed E-state index contributed by atoms with van der Waals surface area (Å²) < 4.78 is 0.947. The van der Waals surface area contributed by atoms with Crippen molar-refractivity contribution in [3.63, 3.8) is 0 Å². The molecule has 2 nitrogen and oxygen atoms in total. The quantitative estimate of drug-likeness (QED) is 0.831. The molecule has 4 heteroatoms. The maximum atomic E-state index is 12.0. The summed E-state index contributed by atoms with van der Waals surface area (Å²) in [4.78, 5) is 12.0. The molecule has 92 valence electrons. The van der Waals surface area contributed by atoms with E-state index in [9.17, 15) is 4.79 Å². The number of hydrogen-bond acceptors (Lipinski definition) is 1. The molecule has 0 aliphatic carbocycles. The normalized spacial score (nSPS) is 10.1. The lowest BCUT2D eigenvalue weighted by Crippen LogP contribution is -2.11. The summed E-state index contributed by atoms with van der Waals surface area (Å²) in [6.45, 7) is 0. The zero-order valence-electron chi connectivity index (χ0n) is 9.49. The third-order valence-corrected chi connectivity index (χ3v) is 3.28. The third kappa shape index (κ3) is 3.34. The van der Waals surface area contributed by atoms with Crippen LogP contribution in [0.2, 0.25) is 0 Å². The number of nitrogens with one attached hydrogen (secondary N) is 1. The Hall–Kier alpha value is -1.32. The summed E-state index contributed by atoms with van der Waals surface area (Å²) in [6.07, 6.45) is 0. The average Bonchev–Trinajstić information content (AvgIpc) is 2.39. The zero-order valence-corrected chi connectivity index (χ0v) is 11.8. The molecule has 0 aromatic heterocycles. The van der Waals surface area contributed by atoms with Gasteiger partial charge in [-0.2, -0.15) is 0 Å².